The average Bonchev–Trinajstić information content (AvgIpc) is 2.70. The third-order valence-corrected chi connectivity index (χ3v) is 6.89. The molecule has 0 N–H and O–H groups in total. The summed E-state index contributed by atoms with van der Waals surface area (Å²) in [5, 5.41) is 0. The van der Waals surface area contributed by atoms with Crippen molar-refractivity contribution in [1.82, 2.24) is 0 Å². The SMILES string of the molecule is IOCCC1CC2C(C1)C1C3CCC3CC21. The van der Waals surface area contributed by atoms with Crippen LogP contribution in [0.15, 0.2) is 0 Å². The first-order valence-corrected chi connectivity index (χ1v) is 8.00. The molecule has 1 nitrogen and oxygen atoms in total. The summed E-state index contributed by atoms with van der Waals surface area (Å²) in [6, 6.07) is 0. The Balaban J connectivity index is 1.41. The van der Waals surface area contributed by atoms with Gasteiger partial charge in [-0.2, -0.15) is 0 Å². The van der Waals surface area contributed by atoms with Gasteiger partial charge >= 0.3 is 0 Å². The number of hydrogen-bond donors (Lipinski definition) is 0. The van der Waals surface area contributed by atoms with Gasteiger partial charge in [0.2, 0.25) is 0 Å². The zero-order valence-electron chi connectivity index (χ0n) is 9.78. The molecule has 0 radical (unpaired) electrons. The van der Waals surface area contributed by atoms with E-state index in [0.29, 0.717) is 0 Å². The van der Waals surface area contributed by atoms with Gasteiger partial charge in [-0.05, 0) is 80.0 Å². The molecule has 4 rings (SSSR count). The van der Waals surface area contributed by atoms with Gasteiger partial charge in [0.05, 0.1) is 6.61 Å². The number of rotatable bonds is 3. The second kappa shape index (κ2) is 3.84. The van der Waals surface area contributed by atoms with E-state index in [0.717, 1.165) is 24.4 Å². The molecule has 7 unspecified atom stereocenters. The van der Waals surface area contributed by atoms with Crippen LogP contribution in [0.1, 0.15) is 38.5 Å². The highest BCUT2D eigenvalue weighted by molar-refractivity contribution is 14.1. The summed E-state index contributed by atoms with van der Waals surface area (Å²) >= 11 is 2.04. The monoisotopic (exact) mass is 332 g/mol. The predicted octanol–water partition coefficient (Wildman–Crippen LogP) is 4.06. The van der Waals surface area contributed by atoms with E-state index >= 15 is 0 Å². The van der Waals surface area contributed by atoms with Crippen molar-refractivity contribution >= 4 is 23.0 Å². The Hall–Kier alpha value is 0.690. The van der Waals surface area contributed by atoms with E-state index in [4.69, 9.17) is 3.07 Å². The van der Waals surface area contributed by atoms with Crippen molar-refractivity contribution < 1.29 is 3.07 Å². The molecule has 0 amide bonds. The van der Waals surface area contributed by atoms with Gasteiger partial charge in [0, 0.05) is 0 Å². The Morgan fingerprint density at radius 3 is 2.50 bits per heavy atom. The fourth-order valence-corrected chi connectivity index (χ4v) is 6.02. The van der Waals surface area contributed by atoms with Crippen molar-refractivity contribution in [3.63, 3.8) is 0 Å². The van der Waals surface area contributed by atoms with Gasteiger partial charge in [-0.15, -0.1) is 0 Å². The van der Waals surface area contributed by atoms with Crippen LogP contribution in [0.4, 0.5) is 0 Å². The van der Waals surface area contributed by atoms with Crippen molar-refractivity contribution in [3.05, 3.63) is 0 Å². The molecule has 0 aliphatic heterocycles. The summed E-state index contributed by atoms with van der Waals surface area (Å²) in [4.78, 5) is 0. The van der Waals surface area contributed by atoms with Gasteiger partial charge in [0.25, 0.3) is 0 Å². The van der Waals surface area contributed by atoms with E-state index in [1.54, 1.807) is 32.1 Å². The number of halogens is 1. The fraction of sp³-hybridized carbons (Fsp3) is 1.00. The van der Waals surface area contributed by atoms with E-state index in [9.17, 15) is 0 Å². The predicted molar refractivity (Wildman–Crippen MR) is 72.1 cm³/mol. The zero-order chi connectivity index (χ0) is 10.7. The quantitative estimate of drug-likeness (QED) is 0.708. The van der Waals surface area contributed by atoms with Crippen LogP contribution >= 0.6 is 23.0 Å². The van der Waals surface area contributed by atoms with Gasteiger partial charge in [0.1, 0.15) is 23.0 Å². The number of hydrogen-bond acceptors (Lipinski definition) is 1. The maximum atomic E-state index is 5.21. The molecule has 90 valence electrons. The van der Waals surface area contributed by atoms with Crippen LogP contribution in [0.25, 0.3) is 0 Å². The third kappa shape index (κ3) is 1.32. The lowest BCUT2D eigenvalue weighted by atomic mass is 9.56. The van der Waals surface area contributed by atoms with Crippen LogP contribution in [-0.4, -0.2) is 6.61 Å². The summed E-state index contributed by atoms with van der Waals surface area (Å²) in [6.07, 6.45) is 9.19. The molecule has 7 atom stereocenters. The minimum Gasteiger partial charge on any atom is -0.316 e. The molecule has 16 heavy (non-hydrogen) atoms. The highest BCUT2D eigenvalue weighted by Gasteiger charge is 2.63. The third-order valence-electron chi connectivity index (χ3n) is 6.45. The van der Waals surface area contributed by atoms with Crippen LogP contribution in [0.5, 0.6) is 0 Å². The molecule has 0 bridgehead atoms. The van der Waals surface area contributed by atoms with Crippen molar-refractivity contribution in [1.29, 1.82) is 0 Å². The fourth-order valence-electron chi connectivity index (χ4n) is 5.77. The first-order valence-electron chi connectivity index (χ1n) is 7.12. The molecule has 4 saturated carbocycles. The second-order valence-corrected chi connectivity index (χ2v) is 7.37. The van der Waals surface area contributed by atoms with Crippen molar-refractivity contribution in [3.8, 4) is 0 Å². The average molecular weight is 332 g/mol. The molecule has 4 aliphatic carbocycles. The molecule has 4 fully saturated rings. The summed E-state index contributed by atoms with van der Waals surface area (Å²) in [6.45, 7) is 0.978. The van der Waals surface area contributed by atoms with E-state index in [1.165, 1.54) is 30.1 Å². The first-order chi connectivity index (χ1) is 7.88. The smallest absolute Gasteiger partial charge is 0.109 e. The number of fused-ring (bicyclic) bond motifs is 6. The molecule has 2 heteroatoms. The minimum atomic E-state index is 0.978. The van der Waals surface area contributed by atoms with Gasteiger partial charge in [-0.25, -0.2) is 0 Å². The maximum absolute atomic E-state index is 5.21. The van der Waals surface area contributed by atoms with E-state index in [1.807, 2.05) is 23.0 Å². The maximum Gasteiger partial charge on any atom is 0.109 e. The minimum absolute atomic E-state index is 0.978. The summed E-state index contributed by atoms with van der Waals surface area (Å²) in [5.74, 6) is 8.04. The lowest BCUT2D eigenvalue weighted by Gasteiger charge is -2.49. The van der Waals surface area contributed by atoms with Gasteiger partial charge < -0.3 is 3.07 Å². The largest absolute Gasteiger partial charge is 0.316 e. The molecule has 0 aromatic carbocycles. The van der Waals surface area contributed by atoms with E-state index in [-0.39, 0.29) is 0 Å². The highest BCUT2D eigenvalue weighted by Crippen LogP contribution is 2.70. The highest BCUT2D eigenvalue weighted by atomic mass is 127. The van der Waals surface area contributed by atoms with Crippen molar-refractivity contribution in [2.45, 2.75) is 38.5 Å². The molecule has 4 aliphatic rings. The lowest BCUT2D eigenvalue weighted by molar-refractivity contribution is -0.0109. The van der Waals surface area contributed by atoms with Gasteiger partial charge in [-0.3, -0.25) is 0 Å². The zero-order valence-corrected chi connectivity index (χ0v) is 11.9. The molecular weight excluding hydrogens is 311 g/mol. The Morgan fingerprint density at radius 1 is 0.938 bits per heavy atom. The molecular formula is C14H21IO. The van der Waals surface area contributed by atoms with Crippen molar-refractivity contribution in [2.75, 3.05) is 6.61 Å². The Labute approximate surface area is 112 Å². The lowest BCUT2D eigenvalue weighted by Crippen LogP contribution is -2.44. The summed E-state index contributed by atoms with van der Waals surface area (Å²) in [7, 11) is 0. The van der Waals surface area contributed by atoms with Crippen LogP contribution in [0, 0.1) is 41.4 Å². The van der Waals surface area contributed by atoms with Gasteiger partial charge in [0.15, 0.2) is 0 Å². The standard InChI is InChI=1S/C14H21IO/c15-16-4-3-8-5-11-12(6-8)14-10-2-1-9(10)7-13(11)14/h8-14H,1-7H2. The molecule has 0 aromatic heterocycles. The topological polar surface area (TPSA) is 9.23 Å². The Bertz CT molecular complexity index is 292. The summed E-state index contributed by atoms with van der Waals surface area (Å²) in [5.41, 5.74) is 0. The van der Waals surface area contributed by atoms with E-state index < -0.39 is 0 Å². The molecule has 0 saturated heterocycles. The second-order valence-electron chi connectivity index (χ2n) is 6.75. The van der Waals surface area contributed by atoms with Crippen LogP contribution < -0.4 is 0 Å². The van der Waals surface area contributed by atoms with Crippen LogP contribution in [0.3, 0.4) is 0 Å². The Kier molecular flexibility index (Phi) is 2.54. The normalized spacial score (nSPS) is 57.2. The van der Waals surface area contributed by atoms with Gasteiger partial charge in [-0.1, -0.05) is 0 Å². The molecule has 0 aromatic rings. The van der Waals surface area contributed by atoms with Crippen LogP contribution in [-0.2, 0) is 3.07 Å². The Morgan fingerprint density at radius 2 is 1.75 bits per heavy atom. The van der Waals surface area contributed by atoms with Crippen molar-refractivity contribution in [2.24, 2.45) is 41.4 Å². The summed E-state index contributed by atoms with van der Waals surface area (Å²) < 4.78 is 5.21. The molecule has 0 heterocycles. The van der Waals surface area contributed by atoms with E-state index in [2.05, 4.69) is 0 Å². The van der Waals surface area contributed by atoms with Crippen LogP contribution in [0.2, 0.25) is 0 Å². The molecule has 0 spiro atoms. The first kappa shape index (κ1) is 10.6.